The standard InChI is InChI=1S/C12H16N4O2/c1-3-11(17)18-5-4-13-10-6-8(2)15-12-9(10)7-14-16-12/h6-7H,3-5H2,1-2H3,(H2,13,14,15,16). The molecule has 0 unspecified atom stereocenters. The molecule has 0 spiro atoms. The number of ether oxygens (including phenoxy) is 1. The molecule has 2 heterocycles. The molecular formula is C12H16N4O2. The Labute approximate surface area is 105 Å². The number of hydrogen-bond donors (Lipinski definition) is 2. The van der Waals surface area contributed by atoms with Gasteiger partial charge in [0.1, 0.15) is 6.61 Å². The molecule has 0 aromatic carbocycles. The van der Waals surface area contributed by atoms with E-state index < -0.39 is 0 Å². The minimum Gasteiger partial charge on any atom is -0.464 e. The predicted molar refractivity (Wildman–Crippen MR) is 68.4 cm³/mol. The van der Waals surface area contributed by atoms with Crippen molar-refractivity contribution in [2.75, 3.05) is 18.5 Å². The molecule has 0 fully saturated rings. The lowest BCUT2D eigenvalue weighted by atomic mass is 10.2. The van der Waals surface area contributed by atoms with Gasteiger partial charge < -0.3 is 10.1 Å². The summed E-state index contributed by atoms with van der Waals surface area (Å²) in [6.07, 6.45) is 2.13. The van der Waals surface area contributed by atoms with E-state index in [0.29, 0.717) is 19.6 Å². The lowest BCUT2D eigenvalue weighted by Crippen LogP contribution is -2.13. The smallest absolute Gasteiger partial charge is 0.305 e. The number of esters is 1. The molecule has 96 valence electrons. The summed E-state index contributed by atoms with van der Waals surface area (Å²) >= 11 is 0. The summed E-state index contributed by atoms with van der Waals surface area (Å²) in [7, 11) is 0. The molecule has 0 saturated carbocycles. The Balaban J connectivity index is 1.99. The van der Waals surface area contributed by atoms with Gasteiger partial charge in [-0.1, -0.05) is 6.92 Å². The first-order valence-corrected chi connectivity index (χ1v) is 5.91. The van der Waals surface area contributed by atoms with Gasteiger partial charge in [-0.05, 0) is 13.0 Å². The highest BCUT2D eigenvalue weighted by molar-refractivity contribution is 5.88. The number of nitrogens with zero attached hydrogens (tertiary/aromatic N) is 2. The van der Waals surface area contributed by atoms with Gasteiger partial charge in [-0.15, -0.1) is 0 Å². The quantitative estimate of drug-likeness (QED) is 0.621. The molecule has 2 N–H and O–H groups in total. The van der Waals surface area contributed by atoms with E-state index in [1.807, 2.05) is 13.0 Å². The van der Waals surface area contributed by atoms with Gasteiger partial charge in [0.15, 0.2) is 5.65 Å². The van der Waals surface area contributed by atoms with Crippen molar-refractivity contribution in [3.63, 3.8) is 0 Å². The molecule has 6 heteroatoms. The molecule has 2 aromatic rings. The molecule has 0 aliphatic heterocycles. The third kappa shape index (κ3) is 2.77. The van der Waals surface area contributed by atoms with Gasteiger partial charge in [-0.3, -0.25) is 9.89 Å². The van der Waals surface area contributed by atoms with Gasteiger partial charge in [0.25, 0.3) is 0 Å². The molecule has 18 heavy (non-hydrogen) atoms. The summed E-state index contributed by atoms with van der Waals surface area (Å²) < 4.78 is 5.00. The van der Waals surface area contributed by atoms with Gasteiger partial charge in [0.2, 0.25) is 0 Å². The Kier molecular flexibility index (Phi) is 3.76. The molecule has 0 radical (unpaired) electrons. The summed E-state index contributed by atoms with van der Waals surface area (Å²) in [6, 6.07) is 1.94. The van der Waals surface area contributed by atoms with E-state index in [2.05, 4.69) is 20.5 Å². The van der Waals surface area contributed by atoms with E-state index >= 15 is 0 Å². The number of aryl methyl sites for hydroxylation is 1. The minimum atomic E-state index is -0.184. The molecule has 0 saturated heterocycles. The Hall–Kier alpha value is -2.11. The average molecular weight is 248 g/mol. The second-order valence-electron chi connectivity index (χ2n) is 3.94. The Morgan fingerprint density at radius 1 is 1.56 bits per heavy atom. The summed E-state index contributed by atoms with van der Waals surface area (Å²) in [4.78, 5) is 15.3. The predicted octanol–water partition coefficient (Wildman–Crippen LogP) is 1.63. The molecule has 0 bridgehead atoms. The summed E-state index contributed by atoms with van der Waals surface area (Å²) in [5, 5.41) is 10.9. The third-order valence-corrected chi connectivity index (χ3v) is 2.52. The maximum atomic E-state index is 11.0. The highest BCUT2D eigenvalue weighted by Crippen LogP contribution is 2.20. The first-order valence-electron chi connectivity index (χ1n) is 5.91. The van der Waals surface area contributed by atoms with E-state index in [1.165, 1.54) is 0 Å². The van der Waals surface area contributed by atoms with Gasteiger partial charge in [-0.2, -0.15) is 5.10 Å². The fourth-order valence-corrected chi connectivity index (χ4v) is 1.66. The van der Waals surface area contributed by atoms with Gasteiger partial charge >= 0.3 is 5.97 Å². The van der Waals surface area contributed by atoms with E-state index in [4.69, 9.17) is 4.74 Å². The minimum absolute atomic E-state index is 0.184. The largest absolute Gasteiger partial charge is 0.464 e. The van der Waals surface area contributed by atoms with Crippen LogP contribution in [0, 0.1) is 6.92 Å². The van der Waals surface area contributed by atoms with Crippen LogP contribution in [0.4, 0.5) is 5.69 Å². The highest BCUT2D eigenvalue weighted by Gasteiger charge is 2.05. The van der Waals surface area contributed by atoms with Crippen LogP contribution in [-0.4, -0.2) is 34.3 Å². The molecule has 2 aromatic heterocycles. The van der Waals surface area contributed by atoms with Crippen LogP contribution in [0.2, 0.25) is 0 Å². The molecule has 0 aliphatic rings. The Bertz CT molecular complexity index is 550. The molecule has 6 nitrogen and oxygen atoms in total. The second kappa shape index (κ2) is 5.48. The highest BCUT2D eigenvalue weighted by atomic mass is 16.5. The topological polar surface area (TPSA) is 79.9 Å². The maximum absolute atomic E-state index is 11.0. The van der Waals surface area contributed by atoms with Crippen molar-refractivity contribution in [1.82, 2.24) is 15.2 Å². The van der Waals surface area contributed by atoms with E-state index in [1.54, 1.807) is 13.1 Å². The second-order valence-corrected chi connectivity index (χ2v) is 3.94. The molecule has 2 rings (SSSR count). The van der Waals surface area contributed by atoms with Crippen LogP contribution in [0.3, 0.4) is 0 Å². The monoisotopic (exact) mass is 248 g/mol. The maximum Gasteiger partial charge on any atom is 0.305 e. The van der Waals surface area contributed by atoms with Crippen molar-refractivity contribution in [1.29, 1.82) is 0 Å². The molecule has 0 aliphatic carbocycles. The van der Waals surface area contributed by atoms with Gasteiger partial charge in [0, 0.05) is 24.3 Å². The summed E-state index contributed by atoms with van der Waals surface area (Å²) in [6.45, 7) is 4.61. The number of rotatable bonds is 5. The van der Waals surface area contributed by atoms with Crippen molar-refractivity contribution in [2.45, 2.75) is 20.3 Å². The number of anilines is 1. The van der Waals surface area contributed by atoms with Gasteiger partial charge in [0.05, 0.1) is 11.6 Å². The number of carbonyl (C=O) groups excluding carboxylic acids is 1. The summed E-state index contributed by atoms with van der Waals surface area (Å²) in [5.41, 5.74) is 2.60. The lowest BCUT2D eigenvalue weighted by molar-refractivity contribution is -0.142. The average Bonchev–Trinajstić information content (AvgIpc) is 2.81. The van der Waals surface area contributed by atoms with Crippen LogP contribution < -0.4 is 5.32 Å². The van der Waals surface area contributed by atoms with Crippen molar-refractivity contribution < 1.29 is 9.53 Å². The SMILES string of the molecule is CCC(=O)OCCNc1cc(C)nc2[nH]ncc12. The summed E-state index contributed by atoms with van der Waals surface area (Å²) in [5.74, 6) is -0.184. The zero-order chi connectivity index (χ0) is 13.0. The molecular weight excluding hydrogens is 232 g/mol. The number of fused-ring (bicyclic) bond motifs is 1. The zero-order valence-corrected chi connectivity index (χ0v) is 10.5. The van der Waals surface area contributed by atoms with Crippen LogP contribution in [-0.2, 0) is 9.53 Å². The fraction of sp³-hybridized carbons (Fsp3) is 0.417. The zero-order valence-electron chi connectivity index (χ0n) is 10.5. The van der Waals surface area contributed by atoms with Crippen molar-refractivity contribution in [2.24, 2.45) is 0 Å². The number of hydrogen-bond acceptors (Lipinski definition) is 5. The molecule has 0 amide bonds. The number of aromatic nitrogens is 3. The van der Waals surface area contributed by atoms with Crippen LogP contribution in [0.5, 0.6) is 0 Å². The van der Waals surface area contributed by atoms with E-state index in [0.717, 1.165) is 22.4 Å². The first kappa shape index (κ1) is 12.3. The number of H-pyrrole nitrogens is 1. The lowest BCUT2D eigenvalue weighted by Gasteiger charge is -2.08. The molecule has 0 atom stereocenters. The van der Waals surface area contributed by atoms with Crippen LogP contribution in [0.15, 0.2) is 12.3 Å². The number of pyridine rings is 1. The number of aromatic amines is 1. The van der Waals surface area contributed by atoms with Crippen LogP contribution in [0.1, 0.15) is 19.0 Å². The van der Waals surface area contributed by atoms with Crippen LogP contribution in [0.25, 0.3) is 11.0 Å². The van der Waals surface area contributed by atoms with Crippen molar-refractivity contribution in [3.8, 4) is 0 Å². The number of carbonyl (C=O) groups is 1. The first-order chi connectivity index (χ1) is 8.70. The van der Waals surface area contributed by atoms with Crippen LogP contribution >= 0.6 is 0 Å². The van der Waals surface area contributed by atoms with E-state index in [-0.39, 0.29) is 5.97 Å². The fourth-order valence-electron chi connectivity index (χ4n) is 1.66. The van der Waals surface area contributed by atoms with Crippen molar-refractivity contribution >= 4 is 22.7 Å². The Morgan fingerprint density at radius 2 is 2.39 bits per heavy atom. The Morgan fingerprint density at radius 3 is 3.17 bits per heavy atom. The van der Waals surface area contributed by atoms with Crippen molar-refractivity contribution in [3.05, 3.63) is 18.0 Å². The van der Waals surface area contributed by atoms with E-state index in [9.17, 15) is 4.79 Å². The number of nitrogens with one attached hydrogen (secondary N) is 2. The van der Waals surface area contributed by atoms with Gasteiger partial charge in [-0.25, -0.2) is 4.98 Å². The normalized spacial score (nSPS) is 10.6. The third-order valence-electron chi connectivity index (χ3n) is 2.52.